The SMILES string of the molecule is CNC(=O)c1ccc(NCC(=O)N2CCCCCCC2)cc1Cl. The summed E-state index contributed by atoms with van der Waals surface area (Å²) in [5.74, 6) is -0.114. The molecule has 2 rings (SSSR count). The molecule has 1 aromatic rings. The van der Waals surface area contributed by atoms with E-state index in [1.54, 1.807) is 25.2 Å². The van der Waals surface area contributed by atoms with Gasteiger partial charge in [0.25, 0.3) is 5.91 Å². The largest absolute Gasteiger partial charge is 0.376 e. The van der Waals surface area contributed by atoms with Crippen molar-refractivity contribution in [3.8, 4) is 0 Å². The van der Waals surface area contributed by atoms with E-state index >= 15 is 0 Å². The van der Waals surface area contributed by atoms with Crippen molar-refractivity contribution in [2.45, 2.75) is 32.1 Å². The predicted molar refractivity (Wildman–Crippen MR) is 93.0 cm³/mol. The van der Waals surface area contributed by atoms with Gasteiger partial charge in [-0.25, -0.2) is 0 Å². The zero-order valence-electron chi connectivity index (χ0n) is 13.5. The van der Waals surface area contributed by atoms with Crippen LogP contribution in [0, 0.1) is 0 Å². The lowest BCUT2D eigenvalue weighted by Gasteiger charge is -2.25. The maximum atomic E-state index is 12.3. The molecule has 0 aliphatic carbocycles. The first kappa shape index (κ1) is 17.6. The predicted octanol–water partition coefficient (Wildman–Crippen LogP) is 2.90. The first-order chi connectivity index (χ1) is 11.1. The molecular formula is C17H24ClN3O2. The Kier molecular flexibility index (Phi) is 6.71. The van der Waals surface area contributed by atoms with Gasteiger partial charge in [-0.2, -0.15) is 0 Å². The monoisotopic (exact) mass is 337 g/mol. The number of halogens is 1. The summed E-state index contributed by atoms with van der Waals surface area (Å²) < 4.78 is 0. The summed E-state index contributed by atoms with van der Waals surface area (Å²) in [6, 6.07) is 5.09. The molecule has 5 nitrogen and oxygen atoms in total. The zero-order chi connectivity index (χ0) is 16.7. The van der Waals surface area contributed by atoms with Crippen molar-refractivity contribution in [3.63, 3.8) is 0 Å². The first-order valence-electron chi connectivity index (χ1n) is 8.15. The number of nitrogens with zero attached hydrogens (tertiary/aromatic N) is 1. The fourth-order valence-electron chi connectivity index (χ4n) is 2.73. The molecule has 23 heavy (non-hydrogen) atoms. The van der Waals surface area contributed by atoms with Crippen molar-refractivity contribution in [1.29, 1.82) is 0 Å². The number of anilines is 1. The van der Waals surface area contributed by atoms with Crippen LogP contribution in [0.25, 0.3) is 0 Å². The Labute approximate surface area is 142 Å². The second-order valence-electron chi connectivity index (χ2n) is 5.78. The molecule has 1 aromatic carbocycles. The van der Waals surface area contributed by atoms with Gasteiger partial charge >= 0.3 is 0 Å². The molecule has 0 aromatic heterocycles. The van der Waals surface area contributed by atoms with E-state index in [-0.39, 0.29) is 18.4 Å². The number of carbonyl (C=O) groups is 2. The van der Waals surface area contributed by atoms with Crippen LogP contribution in [-0.4, -0.2) is 43.4 Å². The normalized spacial score (nSPS) is 15.5. The van der Waals surface area contributed by atoms with Crippen molar-refractivity contribution in [1.82, 2.24) is 10.2 Å². The third-order valence-electron chi connectivity index (χ3n) is 4.09. The van der Waals surface area contributed by atoms with Crippen LogP contribution in [0.15, 0.2) is 18.2 Å². The molecular weight excluding hydrogens is 314 g/mol. The highest BCUT2D eigenvalue weighted by Gasteiger charge is 2.15. The number of hydrogen-bond donors (Lipinski definition) is 2. The van der Waals surface area contributed by atoms with Crippen molar-refractivity contribution in [3.05, 3.63) is 28.8 Å². The Hall–Kier alpha value is -1.75. The summed E-state index contributed by atoms with van der Waals surface area (Å²) in [5, 5.41) is 6.01. The Morgan fingerprint density at radius 2 is 1.78 bits per heavy atom. The van der Waals surface area contributed by atoms with E-state index in [4.69, 9.17) is 11.6 Å². The van der Waals surface area contributed by atoms with Gasteiger partial charge in [0.05, 0.1) is 17.1 Å². The molecule has 1 fully saturated rings. The molecule has 0 unspecified atom stereocenters. The molecule has 1 aliphatic heterocycles. The molecule has 6 heteroatoms. The highest BCUT2D eigenvalue weighted by atomic mass is 35.5. The Morgan fingerprint density at radius 3 is 2.39 bits per heavy atom. The summed E-state index contributed by atoms with van der Waals surface area (Å²) in [5.41, 5.74) is 1.16. The van der Waals surface area contributed by atoms with E-state index in [1.165, 1.54) is 19.3 Å². The Bertz CT molecular complexity index is 555. The maximum Gasteiger partial charge on any atom is 0.252 e. The number of amides is 2. The van der Waals surface area contributed by atoms with Gasteiger partial charge in [0.1, 0.15) is 0 Å². The van der Waals surface area contributed by atoms with Crippen LogP contribution in [0.1, 0.15) is 42.5 Å². The minimum Gasteiger partial charge on any atom is -0.376 e. The average Bonchev–Trinajstić information content (AvgIpc) is 2.51. The highest BCUT2D eigenvalue weighted by Crippen LogP contribution is 2.21. The van der Waals surface area contributed by atoms with E-state index in [0.717, 1.165) is 31.6 Å². The minimum absolute atomic E-state index is 0.110. The summed E-state index contributed by atoms with van der Waals surface area (Å²) in [7, 11) is 1.56. The molecule has 2 N–H and O–H groups in total. The van der Waals surface area contributed by atoms with Crippen molar-refractivity contribution >= 4 is 29.1 Å². The van der Waals surface area contributed by atoms with Gasteiger partial charge in [-0.1, -0.05) is 30.9 Å². The van der Waals surface area contributed by atoms with E-state index in [2.05, 4.69) is 10.6 Å². The van der Waals surface area contributed by atoms with Gasteiger partial charge in [-0.05, 0) is 31.0 Å². The van der Waals surface area contributed by atoms with Gasteiger partial charge in [0, 0.05) is 25.8 Å². The van der Waals surface area contributed by atoms with Crippen molar-refractivity contribution < 1.29 is 9.59 Å². The van der Waals surface area contributed by atoms with Crippen LogP contribution in [-0.2, 0) is 4.79 Å². The lowest BCUT2D eigenvalue weighted by molar-refractivity contribution is -0.129. The number of benzene rings is 1. The van der Waals surface area contributed by atoms with Crippen LogP contribution >= 0.6 is 11.6 Å². The van der Waals surface area contributed by atoms with Crippen LogP contribution in [0.2, 0.25) is 5.02 Å². The smallest absolute Gasteiger partial charge is 0.252 e. The minimum atomic E-state index is -0.224. The molecule has 0 saturated carbocycles. The van der Waals surface area contributed by atoms with E-state index in [1.807, 2.05) is 4.90 Å². The molecule has 1 saturated heterocycles. The molecule has 126 valence electrons. The summed E-state index contributed by atoms with van der Waals surface area (Å²) in [4.78, 5) is 25.8. The second-order valence-corrected chi connectivity index (χ2v) is 6.18. The molecule has 0 atom stereocenters. The van der Waals surface area contributed by atoms with Gasteiger partial charge in [0.2, 0.25) is 5.91 Å². The molecule has 0 bridgehead atoms. The molecule has 0 spiro atoms. The van der Waals surface area contributed by atoms with Crippen LogP contribution in [0.5, 0.6) is 0 Å². The van der Waals surface area contributed by atoms with E-state index in [9.17, 15) is 9.59 Å². The molecule has 0 radical (unpaired) electrons. The van der Waals surface area contributed by atoms with Crippen LogP contribution in [0.4, 0.5) is 5.69 Å². The number of carbonyl (C=O) groups excluding carboxylic acids is 2. The zero-order valence-corrected chi connectivity index (χ0v) is 14.3. The number of rotatable bonds is 4. The van der Waals surface area contributed by atoms with Gasteiger partial charge in [0.15, 0.2) is 0 Å². The summed E-state index contributed by atoms with van der Waals surface area (Å²) >= 11 is 6.11. The fraction of sp³-hybridized carbons (Fsp3) is 0.529. The highest BCUT2D eigenvalue weighted by molar-refractivity contribution is 6.34. The third-order valence-corrected chi connectivity index (χ3v) is 4.41. The fourth-order valence-corrected chi connectivity index (χ4v) is 3.00. The number of likely N-dealkylation sites (tertiary alicyclic amines) is 1. The summed E-state index contributed by atoms with van der Waals surface area (Å²) in [6.07, 6.45) is 5.84. The third kappa shape index (κ3) is 5.13. The maximum absolute atomic E-state index is 12.3. The van der Waals surface area contributed by atoms with Crippen LogP contribution < -0.4 is 10.6 Å². The van der Waals surface area contributed by atoms with Crippen molar-refractivity contribution in [2.75, 3.05) is 32.0 Å². The topological polar surface area (TPSA) is 61.4 Å². The van der Waals surface area contributed by atoms with Crippen molar-refractivity contribution in [2.24, 2.45) is 0 Å². The Morgan fingerprint density at radius 1 is 1.13 bits per heavy atom. The Balaban J connectivity index is 1.90. The molecule has 1 heterocycles. The first-order valence-corrected chi connectivity index (χ1v) is 8.53. The van der Waals surface area contributed by atoms with Crippen LogP contribution in [0.3, 0.4) is 0 Å². The quantitative estimate of drug-likeness (QED) is 0.888. The second kappa shape index (κ2) is 8.77. The molecule has 1 aliphatic rings. The van der Waals surface area contributed by atoms with E-state index < -0.39 is 0 Å². The number of nitrogens with one attached hydrogen (secondary N) is 2. The lowest BCUT2D eigenvalue weighted by Crippen LogP contribution is -2.37. The van der Waals surface area contributed by atoms with Gasteiger partial charge in [-0.15, -0.1) is 0 Å². The van der Waals surface area contributed by atoms with E-state index in [0.29, 0.717) is 10.6 Å². The average molecular weight is 338 g/mol. The van der Waals surface area contributed by atoms with Gasteiger partial charge < -0.3 is 15.5 Å². The molecule has 2 amide bonds. The number of hydrogen-bond acceptors (Lipinski definition) is 3. The standard InChI is InChI=1S/C17H24ClN3O2/c1-19-17(23)14-8-7-13(11-15(14)18)20-12-16(22)21-9-5-3-2-4-6-10-21/h7-8,11,20H,2-6,9-10,12H2,1H3,(H,19,23). The lowest BCUT2D eigenvalue weighted by atomic mass is 10.1. The summed E-state index contributed by atoms with van der Waals surface area (Å²) in [6.45, 7) is 1.93. The van der Waals surface area contributed by atoms with Gasteiger partial charge in [-0.3, -0.25) is 9.59 Å².